The first-order valence-corrected chi connectivity index (χ1v) is 8.84. The molecular weight excluding hydrogens is 322 g/mol. The lowest BCUT2D eigenvalue weighted by Gasteiger charge is -2.13. The maximum atomic E-state index is 5.96. The van der Waals surface area contributed by atoms with E-state index in [1.54, 1.807) is 0 Å². The lowest BCUT2D eigenvalue weighted by Crippen LogP contribution is -2.03. The molecule has 0 bridgehead atoms. The molecule has 0 amide bonds. The van der Waals surface area contributed by atoms with E-state index in [9.17, 15) is 0 Å². The zero-order valence-corrected chi connectivity index (χ0v) is 15.3. The van der Waals surface area contributed by atoms with Crippen LogP contribution in [0, 0.1) is 0 Å². The Balaban J connectivity index is 1.86. The van der Waals surface area contributed by atoms with Crippen molar-refractivity contribution in [3.63, 3.8) is 0 Å². The maximum absolute atomic E-state index is 5.96. The normalized spacial score (nSPS) is 11.5. The Morgan fingerprint density at radius 2 is 1.96 bits per heavy atom. The van der Waals surface area contributed by atoms with Gasteiger partial charge in [-0.3, -0.25) is 4.68 Å². The number of anilines is 1. The molecule has 0 saturated heterocycles. The monoisotopic (exact) mass is 345 g/mol. The molecule has 2 N–H and O–H groups in total. The molecule has 1 aromatic carbocycles. The largest absolute Gasteiger partial charge is 0.384 e. The zero-order chi connectivity index (χ0) is 18.3. The van der Waals surface area contributed by atoms with E-state index >= 15 is 0 Å². The molecule has 0 radical (unpaired) electrons. The number of rotatable bonds is 4. The van der Waals surface area contributed by atoms with Crippen LogP contribution in [0.2, 0.25) is 0 Å². The quantitative estimate of drug-likeness (QED) is 0.603. The van der Waals surface area contributed by atoms with Crippen LogP contribution in [0.5, 0.6) is 0 Å². The standard InChI is InChI=1S/C21H23N5/c1-14(2)16-6-4-5-15(7-16)12-26-19(18-11-24-25(3)13-18)8-17-10-23-21(22)9-20(17)26/h4-11,13-14H,12H2,1-3H3,(H2,22,23). The Morgan fingerprint density at radius 1 is 1.12 bits per heavy atom. The fraction of sp³-hybridized carbons (Fsp3) is 0.238. The highest BCUT2D eigenvalue weighted by atomic mass is 15.2. The van der Waals surface area contributed by atoms with Crippen LogP contribution in [0.3, 0.4) is 0 Å². The minimum atomic E-state index is 0.508. The van der Waals surface area contributed by atoms with Crippen molar-refractivity contribution in [2.75, 3.05) is 5.73 Å². The van der Waals surface area contributed by atoms with Gasteiger partial charge in [0.25, 0.3) is 0 Å². The number of benzene rings is 1. The van der Waals surface area contributed by atoms with E-state index in [4.69, 9.17) is 5.73 Å². The number of aromatic nitrogens is 4. The van der Waals surface area contributed by atoms with Gasteiger partial charge in [-0.15, -0.1) is 0 Å². The third-order valence-corrected chi connectivity index (χ3v) is 4.77. The summed E-state index contributed by atoms with van der Waals surface area (Å²) in [6.45, 7) is 5.22. The van der Waals surface area contributed by atoms with Crippen molar-refractivity contribution >= 4 is 16.7 Å². The van der Waals surface area contributed by atoms with Crippen LogP contribution in [0.25, 0.3) is 22.2 Å². The number of nitrogens with zero attached hydrogens (tertiary/aromatic N) is 4. The molecule has 3 heterocycles. The summed E-state index contributed by atoms with van der Waals surface area (Å²) in [6.07, 6.45) is 5.77. The maximum Gasteiger partial charge on any atom is 0.125 e. The van der Waals surface area contributed by atoms with Gasteiger partial charge >= 0.3 is 0 Å². The summed E-state index contributed by atoms with van der Waals surface area (Å²) in [5.41, 5.74) is 11.9. The van der Waals surface area contributed by atoms with Gasteiger partial charge in [0.05, 0.1) is 17.4 Å². The van der Waals surface area contributed by atoms with Crippen molar-refractivity contribution < 1.29 is 0 Å². The molecule has 4 aromatic rings. The molecule has 5 nitrogen and oxygen atoms in total. The Hall–Kier alpha value is -3.08. The van der Waals surface area contributed by atoms with Crippen LogP contribution in [0.15, 0.2) is 55.0 Å². The third kappa shape index (κ3) is 2.96. The highest BCUT2D eigenvalue weighted by Gasteiger charge is 2.14. The fourth-order valence-electron chi connectivity index (χ4n) is 3.37. The van der Waals surface area contributed by atoms with Gasteiger partial charge in [0.1, 0.15) is 5.82 Å². The van der Waals surface area contributed by atoms with Gasteiger partial charge in [-0.2, -0.15) is 5.10 Å². The van der Waals surface area contributed by atoms with Crippen molar-refractivity contribution in [3.8, 4) is 11.3 Å². The lowest BCUT2D eigenvalue weighted by atomic mass is 10.0. The van der Waals surface area contributed by atoms with Gasteiger partial charge in [-0.05, 0) is 23.1 Å². The van der Waals surface area contributed by atoms with Crippen LogP contribution in [-0.4, -0.2) is 19.3 Å². The van der Waals surface area contributed by atoms with Crippen LogP contribution in [-0.2, 0) is 13.6 Å². The van der Waals surface area contributed by atoms with E-state index < -0.39 is 0 Å². The number of pyridine rings is 1. The summed E-state index contributed by atoms with van der Waals surface area (Å²) in [6, 6.07) is 12.9. The third-order valence-electron chi connectivity index (χ3n) is 4.77. The summed E-state index contributed by atoms with van der Waals surface area (Å²) < 4.78 is 4.12. The minimum absolute atomic E-state index is 0.508. The summed E-state index contributed by atoms with van der Waals surface area (Å²) in [5, 5.41) is 5.41. The van der Waals surface area contributed by atoms with Gasteiger partial charge in [0.15, 0.2) is 0 Å². The van der Waals surface area contributed by atoms with Gasteiger partial charge < -0.3 is 10.3 Å². The summed E-state index contributed by atoms with van der Waals surface area (Å²) in [4.78, 5) is 4.25. The predicted octanol–water partition coefficient (Wildman–Crippen LogP) is 4.19. The molecule has 26 heavy (non-hydrogen) atoms. The Morgan fingerprint density at radius 3 is 2.69 bits per heavy atom. The molecule has 0 aliphatic heterocycles. The van der Waals surface area contributed by atoms with Crippen molar-refractivity contribution in [2.45, 2.75) is 26.3 Å². The number of aryl methyl sites for hydroxylation is 1. The van der Waals surface area contributed by atoms with Gasteiger partial charge in [0.2, 0.25) is 0 Å². The summed E-state index contributed by atoms with van der Waals surface area (Å²) in [5.74, 6) is 1.04. The Kier molecular flexibility index (Phi) is 3.99. The highest BCUT2D eigenvalue weighted by Crippen LogP contribution is 2.30. The number of hydrogen-bond donors (Lipinski definition) is 1. The fourth-order valence-corrected chi connectivity index (χ4v) is 3.37. The second kappa shape index (κ2) is 6.33. The highest BCUT2D eigenvalue weighted by molar-refractivity contribution is 5.87. The topological polar surface area (TPSA) is 61.7 Å². The second-order valence-corrected chi connectivity index (χ2v) is 7.09. The molecule has 0 fully saturated rings. The molecule has 0 saturated carbocycles. The molecule has 5 heteroatoms. The van der Waals surface area contributed by atoms with E-state index in [0.717, 1.165) is 28.7 Å². The molecule has 0 aliphatic rings. The SMILES string of the molecule is CC(C)c1cccc(Cn2c(-c3cnn(C)c3)cc3cnc(N)cc32)c1. The molecule has 0 aliphatic carbocycles. The van der Waals surface area contributed by atoms with Crippen molar-refractivity contribution in [1.82, 2.24) is 19.3 Å². The second-order valence-electron chi connectivity index (χ2n) is 7.09. The number of hydrogen-bond acceptors (Lipinski definition) is 3. The first-order chi connectivity index (χ1) is 12.5. The smallest absolute Gasteiger partial charge is 0.125 e. The van der Waals surface area contributed by atoms with E-state index in [1.807, 2.05) is 36.4 Å². The van der Waals surface area contributed by atoms with Crippen LogP contribution < -0.4 is 5.73 Å². The van der Waals surface area contributed by atoms with Crippen molar-refractivity contribution in [3.05, 3.63) is 66.1 Å². The van der Waals surface area contributed by atoms with Crippen LogP contribution in [0.1, 0.15) is 30.9 Å². The number of fused-ring (bicyclic) bond motifs is 1. The minimum Gasteiger partial charge on any atom is -0.384 e. The molecule has 0 atom stereocenters. The molecular formula is C21H23N5. The lowest BCUT2D eigenvalue weighted by molar-refractivity contribution is 0.767. The molecule has 3 aromatic heterocycles. The van der Waals surface area contributed by atoms with Gasteiger partial charge in [0, 0.05) is 43.0 Å². The predicted molar refractivity (Wildman–Crippen MR) is 106 cm³/mol. The average molecular weight is 345 g/mol. The Labute approximate surface area is 153 Å². The zero-order valence-electron chi connectivity index (χ0n) is 15.3. The molecule has 0 spiro atoms. The van der Waals surface area contributed by atoms with Crippen molar-refractivity contribution in [1.29, 1.82) is 0 Å². The van der Waals surface area contributed by atoms with E-state index in [1.165, 1.54) is 11.1 Å². The number of nitrogen functional groups attached to an aromatic ring is 1. The summed E-state index contributed by atoms with van der Waals surface area (Å²) >= 11 is 0. The average Bonchev–Trinajstić information content (AvgIpc) is 3.19. The van der Waals surface area contributed by atoms with E-state index in [-0.39, 0.29) is 0 Å². The van der Waals surface area contributed by atoms with Gasteiger partial charge in [-0.25, -0.2) is 4.98 Å². The summed E-state index contributed by atoms with van der Waals surface area (Å²) in [7, 11) is 1.93. The van der Waals surface area contributed by atoms with E-state index in [2.05, 4.69) is 58.8 Å². The van der Waals surface area contributed by atoms with Crippen molar-refractivity contribution in [2.24, 2.45) is 7.05 Å². The first-order valence-electron chi connectivity index (χ1n) is 8.84. The van der Waals surface area contributed by atoms with E-state index in [0.29, 0.717) is 11.7 Å². The Bertz CT molecular complexity index is 1070. The van der Waals surface area contributed by atoms with Crippen LogP contribution >= 0.6 is 0 Å². The van der Waals surface area contributed by atoms with Gasteiger partial charge in [-0.1, -0.05) is 38.1 Å². The molecule has 132 valence electrons. The molecule has 4 rings (SSSR count). The first kappa shape index (κ1) is 16.4. The number of nitrogens with two attached hydrogens (primary N) is 1. The van der Waals surface area contributed by atoms with Crippen LogP contribution in [0.4, 0.5) is 5.82 Å². The molecule has 0 unspecified atom stereocenters.